The highest BCUT2D eigenvalue weighted by molar-refractivity contribution is 8.02. The average Bonchev–Trinajstić information content (AvgIpc) is 3.38. The molecule has 3 saturated heterocycles. The number of aliphatic hydroxyl groups is 1. The van der Waals surface area contributed by atoms with Gasteiger partial charge < -0.3 is 20.6 Å². The van der Waals surface area contributed by atoms with Crippen LogP contribution in [0.5, 0.6) is 0 Å². The van der Waals surface area contributed by atoms with Crippen molar-refractivity contribution in [1.82, 2.24) is 15.5 Å². The molecule has 3 N–H and O–H groups in total. The SMILES string of the molecule is CCCCCNC(=O)C1N(CCCCCCO)C(=O)[C@@H]2[C@@H](C(=O)NCCC)[C@H]3CC(C)C12S3. The number of carbonyl (C=O) groups excluding carboxylic acids is 3. The van der Waals surface area contributed by atoms with Crippen LogP contribution in [0.4, 0.5) is 0 Å². The molecule has 33 heavy (non-hydrogen) atoms. The number of hydrogen-bond donors (Lipinski definition) is 3. The number of carbonyl (C=O) groups is 3. The van der Waals surface area contributed by atoms with E-state index in [9.17, 15) is 14.4 Å². The minimum atomic E-state index is -0.518. The van der Waals surface area contributed by atoms with Crippen LogP contribution >= 0.6 is 11.8 Å². The molecule has 0 aliphatic carbocycles. The monoisotopic (exact) mass is 481 g/mol. The van der Waals surface area contributed by atoms with Crippen LogP contribution in [0.1, 0.15) is 78.6 Å². The van der Waals surface area contributed by atoms with Gasteiger partial charge in [-0.15, -0.1) is 11.8 Å². The number of unbranched alkanes of at least 4 members (excludes halogenated alkanes) is 5. The third kappa shape index (κ3) is 5.07. The maximum Gasteiger partial charge on any atom is 0.244 e. The molecule has 2 bridgehead atoms. The summed E-state index contributed by atoms with van der Waals surface area (Å²) in [5.41, 5.74) is 0. The van der Waals surface area contributed by atoms with E-state index in [0.717, 1.165) is 57.8 Å². The van der Waals surface area contributed by atoms with Gasteiger partial charge in [-0.05, 0) is 38.0 Å². The fourth-order valence-electron chi connectivity index (χ4n) is 6.16. The van der Waals surface area contributed by atoms with E-state index in [4.69, 9.17) is 5.11 Å². The lowest BCUT2D eigenvalue weighted by molar-refractivity contribution is -0.140. The summed E-state index contributed by atoms with van der Waals surface area (Å²) in [6, 6.07) is -0.511. The smallest absolute Gasteiger partial charge is 0.244 e. The van der Waals surface area contributed by atoms with Crippen molar-refractivity contribution in [1.29, 1.82) is 0 Å². The van der Waals surface area contributed by atoms with E-state index in [1.54, 1.807) is 11.8 Å². The van der Waals surface area contributed by atoms with Crippen LogP contribution in [0.15, 0.2) is 0 Å². The standard InChI is InChI=1S/C25H43N3O4S/c1-4-6-9-13-27-23(31)21-25-17(3)16-18(33-25)19(22(30)26-12-5-2)20(25)24(32)28(21)14-10-7-8-11-15-29/h17-21,29H,4-16H2,1-3H3,(H,26,30)(H,27,31)/t17?,18-,19+,20+,21?,25?/m1/s1. The van der Waals surface area contributed by atoms with Crippen LogP contribution in [-0.4, -0.2) is 70.0 Å². The first-order chi connectivity index (χ1) is 15.9. The van der Waals surface area contributed by atoms with Crippen molar-refractivity contribution in [3.8, 4) is 0 Å². The third-order valence-corrected chi connectivity index (χ3v) is 9.81. The van der Waals surface area contributed by atoms with Crippen molar-refractivity contribution >= 4 is 29.5 Å². The summed E-state index contributed by atoms with van der Waals surface area (Å²) in [7, 11) is 0. The van der Waals surface area contributed by atoms with Gasteiger partial charge in [-0.2, -0.15) is 0 Å². The van der Waals surface area contributed by atoms with Gasteiger partial charge in [0.2, 0.25) is 17.7 Å². The topological polar surface area (TPSA) is 98.7 Å². The number of hydrogen-bond acceptors (Lipinski definition) is 5. The number of thioether (sulfide) groups is 1. The lowest BCUT2D eigenvalue weighted by Crippen LogP contribution is -2.56. The Kier molecular flexibility index (Phi) is 9.51. The minimum absolute atomic E-state index is 0.0101. The van der Waals surface area contributed by atoms with Crippen molar-refractivity contribution in [2.45, 2.75) is 94.6 Å². The Bertz CT molecular complexity index is 705. The second-order valence-electron chi connectivity index (χ2n) is 10.0. The molecule has 0 saturated carbocycles. The van der Waals surface area contributed by atoms with Crippen molar-refractivity contribution in [3.05, 3.63) is 0 Å². The Balaban J connectivity index is 1.84. The molecule has 7 nitrogen and oxygen atoms in total. The molecule has 188 valence electrons. The van der Waals surface area contributed by atoms with E-state index >= 15 is 0 Å². The molecule has 3 aliphatic rings. The van der Waals surface area contributed by atoms with Crippen molar-refractivity contribution < 1.29 is 19.5 Å². The van der Waals surface area contributed by atoms with E-state index in [-0.39, 0.29) is 41.4 Å². The maximum atomic E-state index is 13.8. The van der Waals surface area contributed by atoms with E-state index in [1.807, 2.05) is 11.8 Å². The van der Waals surface area contributed by atoms with Gasteiger partial charge in [-0.1, -0.05) is 46.5 Å². The minimum Gasteiger partial charge on any atom is -0.396 e. The van der Waals surface area contributed by atoms with Gasteiger partial charge in [-0.25, -0.2) is 0 Å². The Hall–Kier alpha value is -1.28. The zero-order valence-electron chi connectivity index (χ0n) is 20.6. The van der Waals surface area contributed by atoms with E-state index in [0.29, 0.717) is 19.6 Å². The fourth-order valence-corrected chi connectivity index (χ4v) is 8.58. The summed E-state index contributed by atoms with van der Waals surface area (Å²) < 4.78 is -0.518. The molecule has 3 fully saturated rings. The van der Waals surface area contributed by atoms with E-state index < -0.39 is 16.7 Å². The zero-order chi connectivity index (χ0) is 24.0. The molecule has 3 heterocycles. The lowest BCUT2D eigenvalue weighted by Gasteiger charge is -2.38. The number of rotatable bonds is 14. The highest BCUT2D eigenvalue weighted by atomic mass is 32.2. The van der Waals surface area contributed by atoms with Gasteiger partial charge in [0, 0.05) is 31.5 Å². The summed E-state index contributed by atoms with van der Waals surface area (Å²) in [6.07, 6.45) is 8.23. The predicted molar refractivity (Wildman–Crippen MR) is 132 cm³/mol. The molecule has 0 aromatic rings. The van der Waals surface area contributed by atoms with Gasteiger partial charge in [-0.3, -0.25) is 14.4 Å². The largest absolute Gasteiger partial charge is 0.396 e. The van der Waals surface area contributed by atoms with Crippen molar-refractivity contribution in [2.24, 2.45) is 17.8 Å². The first-order valence-electron chi connectivity index (χ1n) is 13.1. The number of fused-ring (bicyclic) bond motifs is 1. The summed E-state index contributed by atoms with van der Waals surface area (Å²) in [4.78, 5) is 42.3. The fraction of sp³-hybridized carbons (Fsp3) is 0.880. The van der Waals surface area contributed by atoms with Crippen molar-refractivity contribution in [3.63, 3.8) is 0 Å². The second kappa shape index (κ2) is 11.9. The Morgan fingerprint density at radius 3 is 2.45 bits per heavy atom. The zero-order valence-corrected chi connectivity index (χ0v) is 21.4. The Labute approximate surface area is 203 Å². The highest BCUT2D eigenvalue weighted by Gasteiger charge is 2.75. The molecule has 3 amide bonds. The number of amides is 3. The van der Waals surface area contributed by atoms with Crippen LogP contribution < -0.4 is 10.6 Å². The molecule has 6 atom stereocenters. The Morgan fingerprint density at radius 1 is 1.03 bits per heavy atom. The summed E-state index contributed by atoms with van der Waals surface area (Å²) >= 11 is 1.75. The van der Waals surface area contributed by atoms with Gasteiger partial charge >= 0.3 is 0 Å². The molecular formula is C25H43N3O4S. The van der Waals surface area contributed by atoms with Gasteiger partial charge in [0.1, 0.15) is 6.04 Å². The van der Waals surface area contributed by atoms with Crippen LogP contribution in [-0.2, 0) is 14.4 Å². The number of nitrogens with one attached hydrogen (secondary N) is 2. The van der Waals surface area contributed by atoms with Crippen LogP contribution in [0.3, 0.4) is 0 Å². The summed E-state index contributed by atoms with van der Waals surface area (Å²) in [5, 5.41) is 15.3. The molecule has 0 aromatic carbocycles. The quantitative estimate of drug-likeness (QED) is 0.331. The van der Waals surface area contributed by atoms with Crippen LogP contribution in [0.25, 0.3) is 0 Å². The molecule has 1 spiro atoms. The molecule has 8 heteroatoms. The summed E-state index contributed by atoms with van der Waals surface area (Å²) in [6.45, 7) is 8.29. The lowest BCUT2D eigenvalue weighted by atomic mass is 9.66. The average molecular weight is 482 g/mol. The molecule has 0 aromatic heterocycles. The molecule has 3 rings (SSSR count). The summed E-state index contributed by atoms with van der Waals surface area (Å²) in [5.74, 6) is -0.635. The van der Waals surface area contributed by atoms with Crippen LogP contribution in [0, 0.1) is 17.8 Å². The van der Waals surface area contributed by atoms with Crippen LogP contribution in [0.2, 0.25) is 0 Å². The third-order valence-electron chi connectivity index (χ3n) is 7.73. The second-order valence-corrected chi connectivity index (χ2v) is 11.6. The number of nitrogens with zero attached hydrogens (tertiary/aromatic N) is 1. The van der Waals surface area contributed by atoms with E-state index in [1.165, 1.54) is 0 Å². The van der Waals surface area contributed by atoms with Crippen molar-refractivity contribution in [2.75, 3.05) is 26.2 Å². The first kappa shape index (κ1) is 26.3. The molecular weight excluding hydrogens is 438 g/mol. The van der Waals surface area contributed by atoms with Gasteiger partial charge in [0.05, 0.1) is 16.6 Å². The Morgan fingerprint density at radius 2 is 1.76 bits per heavy atom. The molecule has 3 unspecified atom stereocenters. The first-order valence-corrected chi connectivity index (χ1v) is 14.0. The van der Waals surface area contributed by atoms with Gasteiger partial charge in [0.15, 0.2) is 0 Å². The number of likely N-dealkylation sites (tertiary alicyclic amines) is 1. The predicted octanol–water partition coefficient (Wildman–Crippen LogP) is 2.71. The molecule has 0 radical (unpaired) electrons. The van der Waals surface area contributed by atoms with Gasteiger partial charge in [0.25, 0.3) is 0 Å². The number of aliphatic hydroxyl groups excluding tert-OH is 1. The normalized spacial score (nSPS) is 32.3. The van der Waals surface area contributed by atoms with E-state index in [2.05, 4.69) is 24.5 Å². The highest BCUT2D eigenvalue weighted by Crippen LogP contribution is 2.68. The maximum absolute atomic E-state index is 13.8. The molecule has 3 aliphatic heterocycles.